The quantitative estimate of drug-likeness (QED) is 0.219. The Kier molecular flexibility index (Phi) is 6.79. The number of hydrogen-bond acceptors (Lipinski definition) is 3. The summed E-state index contributed by atoms with van der Waals surface area (Å²) in [6.45, 7) is 0.466. The monoisotopic (exact) mass is 536 g/mol. The van der Waals surface area contributed by atoms with Gasteiger partial charge in [-0.2, -0.15) is 5.10 Å². The molecule has 0 aliphatic carbocycles. The summed E-state index contributed by atoms with van der Waals surface area (Å²) in [4.78, 5) is 12.4. The zero-order valence-electron chi connectivity index (χ0n) is 16.4. The number of benzene rings is 4. The Morgan fingerprint density at radius 3 is 2.29 bits per heavy atom. The number of halogens is 2. The molecule has 0 aromatic heterocycles. The third kappa shape index (κ3) is 5.40. The predicted octanol–water partition coefficient (Wildman–Crippen LogP) is 6.71. The molecule has 0 unspecified atom stereocenters. The summed E-state index contributed by atoms with van der Waals surface area (Å²) in [5.74, 6) is 0.448. The Morgan fingerprint density at radius 1 is 0.871 bits per heavy atom. The lowest BCUT2D eigenvalue weighted by Crippen LogP contribution is -2.17. The van der Waals surface area contributed by atoms with Gasteiger partial charge in [-0.05, 0) is 78.0 Å². The maximum Gasteiger partial charge on any atom is 0.271 e. The second-order valence-electron chi connectivity index (χ2n) is 6.85. The van der Waals surface area contributed by atoms with Crippen LogP contribution in [0.5, 0.6) is 5.75 Å². The largest absolute Gasteiger partial charge is 0.487 e. The molecule has 0 saturated carbocycles. The molecule has 154 valence electrons. The lowest BCUT2D eigenvalue weighted by Gasteiger charge is -2.11. The molecule has 0 radical (unpaired) electrons. The van der Waals surface area contributed by atoms with Crippen molar-refractivity contribution in [2.45, 2.75) is 6.61 Å². The topological polar surface area (TPSA) is 50.7 Å². The average molecular weight is 538 g/mol. The molecule has 0 bridgehead atoms. The number of hydrogen-bond donors (Lipinski definition) is 1. The number of carbonyl (C=O) groups is 1. The smallest absolute Gasteiger partial charge is 0.271 e. The molecule has 0 aliphatic heterocycles. The Hall–Kier alpha value is -2.96. The van der Waals surface area contributed by atoms with Crippen LogP contribution in [0.25, 0.3) is 10.8 Å². The lowest BCUT2D eigenvalue weighted by molar-refractivity contribution is 0.0955. The first-order chi connectivity index (χ1) is 15.1. The highest BCUT2D eigenvalue weighted by atomic mass is 79.9. The maximum absolute atomic E-state index is 12.4. The normalized spacial score (nSPS) is 11.0. The molecular formula is C25H18Br2N2O2. The molecule has 1 amide bonds. The summed E-state index contributed by atoms with van der Waals surface area (Å²) < 4.78 is 7.52. The number of hydrazone groups is 1. The minimum absolute atomic E-state index is 0.261. The van der Waals surface area contributed by atoms with Gasteiger partial charge in [0.05, 0.1) is 15.2 Å². The van der Waals surface area contributed by atoms with Crippen LogP contribution in [0.1, 0.15) is 21.5 Å². The van der Waals surface area contributed by atoms with Crippen LogP contribution >= 0.6 is 31.9 Å². The molecule has 0 saturated heterocycles. The summed E-state index contributed by atoms with van der Waals surface area (Å²) in [5, 5.41) is 6.20. The van der Waals surface area contributed by atoms with E-state index >= 15 is 0 Å². The van der Waals surface area contributed by atoms with E-state index in [2.05, 4.69) is 42.4 Å². The number of carbonyl (C=O) groups excluding carboxylic acids is 1. The molecule has 0 fully saturated rings. The second-order valence-corrected chi connectivity index (χ2v) is 8.56. The van der Waals surface area contributed by atoms with Gasteiger partial charge in [0.15, 0.2) is 0 Å². The summed E-state index contributed by atoms with van der Waals surface area (Å²) >= 11 is 7.10. The van der Waals surface area contributed by atoms with Crippen LogP contribution in [-0.2, 0) is 6.61 Å². The van der Waals surface area contributed by atoms with Crippen LogP contribution in [0, 0.1) is 0 Å². The van der Waals surface area contributed by atoms with E-state index in [1.54, 1.807) is 12.3 Å². The molecular weight excluding hydrogens is 520 g/mol. The third-order valence-corrected chi connectivity index (χ3v) is 5.82. The Balaban J connectivity index is 1.41. The van der Waals surface area contributed by atoms with Gasteiger partial charge in [-0.25, -0.2) is 5.43 Å². The Morgan fingerprint density at radius 2 is 1.55 bits per heavy atom. The number of nitrogens with one attached hydrogen (secondary N) is 1. The van der Waals surface area contributed by atoms with Crippen LogP contribution in [0.15, 0.2) is 99.0 Å². The third-order valence-electron chi connectivity index (χ3n) is 4.64. The van der Waals surface area contributed by atoms with Crippen molar-refractivity contribution in [3.05, 3.63) is 111 Å². The Bertz CT molecular complexity index is 1230. The van der Waals surface area contributed by atoms with Gasteiger partial charge in [0.2, 0.25) is 0 Å². The first-order valence-corrected chi connectivity index (χ1v) is 11.2. The zero-order chi connectivity index (χ0) is 21.6. The molecule has 4 rings (SSSR count). The van der Waals surface area contributed by atoms with Crippen LogP contribution in [0.2, 0.25) is 0 Å². The highest BCUT2D eigenvalue weighted by Gasteiger charge is 2.09. The van der Waals surface area contributed by atoms with Gasteiger partial charge in [0.1, 0.15) is 12.4 Å². The van der Waals surface area contributed by atoms with E-state index in [0.29, 0.717) is 17.9 Å². The van der Waals surface area contributed by atoms with Gasteiger partial charge in [-0.1, -0.05) is 60.7 Å². The molecule has 0 aliphatic rings. The predicted molar refractivity (Wildman–Crippen MR) is 132 cm³/mol. The summed E-state index contributed by atoms with van der Waals surface area (Å²) in [5.41, 5.74) is 5.04. The average Bonchev–Trinajstić information content (AvgIpc) is 2.79. The second kappa shape index (κ2) is 9.90. The minimum atomic E-state index is -0.261. The molecule has 6 heteroatoms. The van der Waals surface area contributed by atoms with E-state index in [1.807, 2.05) is 78.9 Å². The molecule has 4 nitrogen and oxygen atoms in total. The van der Waals surface area contributed by atoms with Gasteiger partial charge >= 0.3 is 0 Å². The highest BCUT2D eigenvalue weighted by Crippen LogP contribution is 2.35. The van der Waals surface area contributed by atoms with E-state index in [4.69, 9.17) is 4.74 Å². The SMILES string of the molecule is O=C(N/N=C\c1cc(Br)c(OCc2ccccc2)c(Br)c1)c1ccc2ccccc2c1. The fraction of sp³-hybridized carbons (Fsp3) is 0.0400. The Labute approximate surface area is 197 Å². The molecule has 31 heavy (non-hydrogen) atoms. The standard InChI is InChI=1S/C25H18Br2N2O2/c26-22-12-18(13-23(27)24(22)31-16-17-6-2-1-3-7-17)15-28-29-25(30)21-11-10-19-8-4-5-9-20(19)14-21/h1-15H,16H2,(H,29,30)/b28-15-. The molecule has 0 heterocycles. The van der Waals surface area contributed by atoms with Crippen molar-refractivity contribution in [1.29, 1.82) is 0 Å². The van der Waals surface area contributed by atoms with Gasteiger partial charge in [-0.3, -0.25) is 4.79 Å². The number of rotatable bonds is 6. The minimum Gasteiger partial charge on any atom is -0.487 e. The van der Waals surface area contributed by atoms with Crippen LogP contribution in [-0.4, -0.2) is 12.1 Å². The van der Waals surface area contributed by atoms with Crippen molar-refractivity contribution in [2.75, 3.05) is 0 Å². The molecule has 4 aromatic rings. The van der Waals surface area contributed by atoms with Crippen LogP contribution < -0.4 is 10.2 Å². The summed E-state index contributed by atoms with van der Waals surface area (Å²) in [6.07, 6.45) is 1.59. The number of amides is 1. The number of fused-ring (bicyclic) bond motifs is 1. The van der Waals surface area contributed by atoms with Crippen molar-refractivity contribution in [1.82, 2.24) is 5.43 Å². The van der Waals surface area contributed by atoms with Crippen molar-refractivity contribution in [3.8, 4) is 5.75 Å². The first-order valence-electron chi connectivity index (χ1n) is 9.58. The lowest BCUT2D eigenvalue weighted by atomic mass is 10.1. The van der Waals surface area contributed by atoms with E-state index in [1.165, 1.54) is 0 Å². The number of ether oxygens (including phenoxy) is 1. The van der Waals surface area contributed by atoms with Gasteiger partial charge < -0.3 is 4.74 Å². The highest BCUT2D eigenvalue weighted by molar-refractivity contribution is 9.11. The van der Waals surface area contributed by atoms with E-state index in [-0.39, 0.29) is 5.91 Å². The van der Waals surface area contributed by atoms with Crippen LogP contribution in [0.4, 0.5) is 0 Å². The fourth-order valence-corrected chi connectivity index (χ4v) is 4.53. The van der Waals surface area contributed by atoms with Gasteiger partial charge in [0, 0.05) is 5.56 Å². The van der Waals surface area contributed by atoms with Crippen molar-refractivity contribution < 1.29 is 9.53 Å². The van der Waals surface area contributed by atoms with E-state index in [9.17, 15) is 4.79 Å². The fourth-order valence-electron chi connectivity index (χ4n) is 3.08. The molecule has 4 aromatic carbocycles. The summed E-state index contributed by atoms with van der Waals surface area (Å²) in [7, 11) is 0. The first kappa shape index (κ1) is 21.3. The molecule has 0 atom stereocenters. The summed E-state index contributed by atoms with van der Waals surface area (Å²) in [6, 6.07) is 27.2. The van der Waals surface area contributed by atoms with Crippen molar-refractivity contribution in [3.63, 3.8) is 0 Å². The zero-order valence-corrected chi connectivity index (χ0v) is 19.6. The van der Waals surface area contributed by atoms with E-state index < -0.39 is 0 Å². The molecule has 1 N–H and O–H groups in total. The van der Waals surface area contributed by atoms with Crippen molar-refractivity contribution >= 4 is 54.8 Å². The van der Waals surface area contributed by atoms with E-state index in [0.717, 1.165) is 30.8 Å². The maximum atomic E-state index is 12.4. The van der Waals surface area contributed by atoms with Gasteiger partial charge in [-0.15, -0.1) is 0 Å². The molecule has 0 spiro atoms. The van der Waals surface area contributed by atoms with Crippen molar-refractivity contribution in [2.24, 2.45) is 5.10 Å². The number of nitrogens with zero attached hydrogens (tertiary/aromatic N) is 1. The van der Waals surface area contributed by atoms with Gasteiger partial charge in [0.25, 0.3) is 5.91 Å². The van der Waals surface area contributed by atoms with Crippen LogP contribution in [0.3, 0.4) is 0 Å².